The van der Waals surface area contributed by atoms with Crippen LogP contribution in [-0.4, -0.2) is 55.8 Å². The largest absolute Gasteiger partial charge is 0.493 e. The Morgan fingerprint density at radius 3 is 2.29 bits per heavy atom. The molecule has 0 bridgehead atoms. The van der Waals surface area contributed by atoms with Crippen LogP contribution >= 0.6 is 15.9 Å². The molecule has 0 saturated carbocycles. The van der Waals surface area contributed by atoms with Crippen molar-refractivity contribution >= 4 is 22.0 Å². The first-order valence-electron chi connectivity index (χ1n) is 10.3. The van der Waals surface area contributed by atoms with Crippen LogP contribution in [0.2, 0.25) is 0 Å². The average molecular weight is 495 g/mol. The van der Waals surface area contributed by atoms with Crippen molar-refractivity contribution in [2.45, 2.75) is 38.8 Å². The van der Waals surface area contributed by atoms with E-state index in [1.165, 1.54) is 11.0 Å². The van der Waals surface area contributed by atoms with Crippen molar-refractivity contribution in [1.82, 2.24) is 9.80 Å². The highest BCUT2D eigenvalue weighted by Crippen LogP contribution is 2.31. The highest BCUT2D eigenvalue weighted by atomic mass is 79.9. The SMILES string of the molecule is CN(CCCOc1ccc(C(c2ccc(Br)cc2)N(C)C)c(F)c1)C(=O)OC(C)(C)C. The topological polar surface area (TPSA) is 42.0 Å². The van der Waals surface area contributed by atoms with Gasteiger partial charge in [-0.15, -0.1) is 0 Å². The van der Waals surface area contributed by atoms with E-state index in [1.54, 1.807) is 19.2 Å². The van der Waals surface area contributed by atoms with Crippen molar-refractivity contribution in [3.05, 3.63) is 63.9 Å². The van der Waals surface area contributed by atoms with Crippen molar-refractivity contribution in [2.24, 2.45) is 0 Å². The Balaban J connectivity index is 1.96. The van der Waals surface area contributed by atoms with Crippen LogP contribution in [-0.2, 0) is 4.74 Å². The van der Waals surface area contributed by atoms with Crippen LogP contribution in [0.25, 0.3) is 0 Å². The molecule has 0 heterocycles. The van der Waals surface area contributed by atoms with Gasteiger partial charge in [-0.1, -0.05) is 34.1 Å². The first kappa shape index (κ1) is 25.1. The Labute approximate surface area is 193 Å². The molecule has 5 nitrogen and oxygen atoms in total. The average Bonchev–Trinajstić information content (AvgIpc) is 2.66. The second-order valence-corrected chi connectivity index (χ2v) is 9.62. The fourth-order valence-corrected chi connectivity index (χ4v) is 3.41. The summed E-state index contributed by atoms with van der Waals surface area (Å²) < 4.78 is 26.9. The fraction of sp³-hybridized carbons (Fsp3) is 0.458. The molecule has 0 aliphatic carbocycles. The molecule has 2 aromatic carbocycles. The number of carbonyl (C=O) groups excluding carboxylic acids is 1. The second kappa shape index (κ2) is 11.0. The van der Waals surface area contributed by atoms with E-state index in [0.717, 1.165) is 10.0 Å². The molecule has 0 N–H and O–H groups in total. The van der Waals surface area contributed by atoms with E-state index in [4.69, 9.17) is 9.47 Å². The van der Waals surface area contributed by atoms with Crippen molar-refractivity contribution < 1.29 is 18.7 Å². The van der Waals surface area contributed by atoms with Crippen LogP contribution in [0.3, 0.4) is 0 Å². The highest BCUT2D eigenvalue weighted by molar-refractivity contribution is 9.10. The Morgan fingerprint density at radius 2 is 1.74 bits per heavy atom. The number of carbonyl (C=O) groups is 1. The predicted octanol–water partition coefficient (Wildman–Crippen LogP) is 5.88. The minimum absolute atomic E-state index is 0.204. The van der Waals surface area contributed by atoms with Crippen LogP contribution in [0, 0.1) is 5.82 Å². The summed E-state index contributed by atoms with van der Waals surface area (Å²) in [6, 6.07) is 12.6. The first-order valence-corrected chi connectivity index (χ1v) is 11.1. The zero-order valence-electron chi connectivity index (χ0n) is 19.1. The lowest BCUT2D eigenvalue weighted by Crippen LogP contribution is -2.35. The quantitative estimate of drug-likeness (QED) is 0.430. The molecule has 2 rings (SSSR count). The van der Waals surface area contributed by atoms with Crippen LogP contribution in [0.4, 0.5) is 9.18 Å². The number of halogens is 2. The van der Waals surface area contributed by atoms with E-state index in [9.17, 15) is 9.18 Å². The summed E-state index contributed by atoms with van der Waals surface area (Å²) in [5.41, 5.74) is 1.07. The lowest BCUT2D eigenvalue weighted by Gasteiger charge is -2.26. The third-order valence-corrected chi connectivity index (χ3v) is 5.11. The van der Waals surface area contributed by atoms with Gasteiger partial charge in [0.05, 0.1) is 12.6 Å². The lowest BCUT2D eigenvalue weighted by molar-refractivity contribution is 0.0292. The molecule has 0 saturated heterocycles. The molecule has 0 aliphatic rings. The standard InChI is InChI=1S/C24H32BrFN2O3/c1-24(2,3)31-23(29)28(6)14-7-15-30-19-12-13-20(21(26)16-19)22(27(4)5)17-8-10-18(25)11-9-17/h8-13,16,22H,7,14-15H2,1-6H3. The van der Waals surface area contributed by atoms with E-state index < -0.39 is 5.60 Å². The molecule has 1 atom stereocenters. The van der Waals surface area contributed by atoms with E-state index in [2.05, 4.69) is 15.9 Å². The van der Waals surface area contributed by atoms with Gasteiger partial charge in [0.15, 0.2) is 0 Å². The smallest absolute Gasteiger partial charge is 0.410 e. The summed E-state index contributed by atoms with van der Waals surface area (Å²) in [4.78, 5) is 15.5. The van der Waals surface area contributed by atoms with E-state index in [0.29, 0.717) is 30.9 Å². The van der Waals surface area contributed by atoms with Gasteiger partial charge in [0, 0.05) is 29.7 Å². The van der Waals surface area contributed by atoms with Crippen molar-refractivity contribution in [2.75, 3.05) is 34.3 Å². The number of rotatable bonds is 8. The second-order valence-electron chi connectivity index (χ2n) is 8.70. The normalized spacial score (nSPS) is 12.5. The monoisotopic (exact) mass is 494 g/mol. The summed E-state index contributed by atoms with van der Waals surface area (Å²) in [7, 11) is 5.54. The molecule has 0 aliphatic heterocycles. The predicted molar refractivity (Wildman–Crippen MR) is 125 cm³/mol. The number of hydrogen-bond acceptors (Lipinski definition) is 4. The molecular formula is C24H32BrFN2O3. The Morgan fingerprint density at radius 1 is 1.10 bits per heavy atom. The zero-order chi connectivity index (χ0) is 23.2. The Bertz CT molecular complexity index is 866. The van der Waals surface area contributed by atoms with Crippen LogP contribution in [0.1, 0.15) is 44.4 Å². The van der Waals surface area contributed by atoms with Crippen molar-refractivity contribution in [3.63, 3.8) is 0 Å². The van der Waals surface area contributed by atoms with Gasteiger partial charge in [0.2, 0.25) is 0 Å². The molecule has 0 radical (unpaired) electrons. The van der Waals surface area contributed by atoms with E-state index in [1.807, 2.05) is 64.0 Å². The van der Waals surface area contributed by atoms with Crippen LogP contribution < -0.4 is 4.74 Å². The highest BCUT2D eigenvalue weighted by Gasteiger charge is 2.21. The van der Waals surface area contributed by atoms with Crippen LogP contribution in [0.15, 0.2) is 46.9 Å². The Kier molecular flexibility index (Phi) is 8.89. The Hall–Kier alpha value is -2.12. The summed E-state index contributed by atoms with van der Waals surface area (Å²) >= 11 is 3.44. The fourth-order valence-electron chi connectivity index (χ4n) is 3.14. The van der Waals surface area contributed by atoms with Gasteiger partial charge < -0.3 is 14.4 Å². The minimum Gasteiger partial charge on any atom is -0.493 e. The molecule has 0 spiro atoms. The number of ether oxygens (including phenoxy) is 2. The molecule has 7 heteroatoms. The first-order chi connectivity index (χ1) is 14.5. The van der Waals surface area contributed by atoms with Gasteiger partial charge in [-0.05, 0) is 65.0 Å². The molecule has 31 heavy (non-hydrogen) atoms. The summed E-state index contributed by atoms with van der Waals surface area (Å²) in [5, 5.41) is 0. The number of hydrogen-bond donors (Lipinski definition) is 0. The third-order valence-electron chi connectivity index (χ3n) is 4.58. The molecule has 0 fully saturated rings. The summed E-state index contributed by atoms with van der Waals surface area (Å²) in [6.45, 7) is 6.35. The molecular weight excluding hydrogens is 463 g/mol. The van der Waals surface area contributed by atoms with Gasteiger partial charge in [0.1, 0.15) is 17.2 Å². The summed E-state index contributed by atoms with van der Waals surface area (Å²) in [5.74, 6) is 0.152. The molecule has 1 unspecified atom stereocenters. The molecule has 170 valence electrons. The maximum Gasteiger partial charge on any atom is 0.410 e. The molecule has 0 aromatic heterocycles. The number of nitrogens with zero attached hydrogens (tertiary/aromatic N) is 2. The maximum absolute atomic E-state index is 14.9. The zero-order valence-corrected chi connectivity index (χ0v) is 20.7. The van der Waals surface area contributed by atoms with Gasteiger partial charge in [-0.25, -0.2) is 9.18 Å². The maximum atomic E-state index is 14.9. The summed E-state index contributed by atoms with van der Waals surface area (Å²) in [6.07, 6.45) is 0.240. The number of amides is 1. The van der Waals surface area contributed by atoms with Crippen LogP contribution in [0.5, 0.6) is 5.75 Å². The van der Waals surface area contributed by atoms with Crippen molar-refractivity contribution in [3.8, 4) is 5.75 Å². The van der Waals surface area contributed by atoms with Gasteiger partial charge in [-0.2, -0.15) is 0 Å². The van der Waals surface area contributed by atoms with Gasteiger partial charge >= 0.3 is 6.09 Å². The van der Waals surface area contributed by atoms with Gasteiger partial charge in [-0.3, -0.25) is 4.90 Å². The van der Waals surface area contributed by atoms with Crippen molar-refractivity contribution in [1.29, 1.82) is 0 Å². The van der Waals surface area contributed by atoms with E-state index in [-0.39, 0.29) is 18.0 Å². The molecule has 1 amide bonds. The number of benzene rings is 2. The lowest BCUT2D eigenvalue weighted by atomic mass is 9.97. The van der Waals surface area contributed by atoms with E-state index >= 15 is 0 Å². The molecule has 2 aromatic rings. The minimum atomic E-state index is -0.526. The third kappa shape index (κ3) is 7.82. The van der Waals surface area contributed by atoms with Gasteiger partial charge in [0.25, 0.3) is 0 Å².